The third kappa shape index (κ3) is 4.07. The summed E-state index contributed by atoms with van der Waals surface area (Å²) in [5.41, 5.74) is -0.407. The zero-order valence-corrected chi connectivity index (χ0v) is 12.6. The van der Waals surface area contributed by atoms with Gasteiger partial charge in [-0.05, 0) is 35.9 Å². The van der Waals surface area contributed by atoms with E-state index in [4.69, 9.17) is 0 Å². The molecule has 7 heteroatoms. The van der Waals surface area contributed by atoms with Crippen LogP contribution in [-0.2, 0) is 12.7 Å². The molecule has 0 saturated heterocycles. The maximum atomic E-state index is 13.6. The Balaban J connectivity index is 2.02. The highest BCUT2D eigenvalue weighted by Crippen LogP contribution is 2.29. The minimum Gasteiger partial charge on any atom is -0.348 e. The van der Waals surface area contributed by atoms with Crippen LogP contribution in [0.15, 0.2) is 46.9 Å². The molecule has 0 spiro atoms. The molecule has 2 rings (SSSR count). The van der Waals surface area contributed by atoms with Gasteiger partial charge in [-0.25, -0.2) is 4.39 Å². The Bertz CT molecular complexity index is 683. The smallest absolute Gasteiger partial charge is 0.348 e. The number of rotatable bonds is 3. The van der Waals surface area contributed by atoms with Crippen molar-refractivity contribution in [3.05, 3.63) is 69.4 Å². The van der Waals surface area contributed by atoms with Gasteiger partial charge in [0.25, 0.3) is 5.91 Å². The van der Waals surface area contributed by atoms with Crippen molar-refractivity contribution >= 4 is 21.8 Å². The number of benzene rings is 2. The second-order valence-electron chi connectivity index (χ2n) is 4.50. The second-order valence-corrected chi connectivity index (χ2v) is 5.42. The molecule has 116 valence electrons. The van der Waals surface area contributed by atoms with Crippen LogP contribution in [0.2, 0.25) is 0 Å². The van der Waals surface area contributed by atoms with Gasteiger partial charge in [-0.2, -0.15) is 13.2 Å². The molecule has 0 bridgehead atoms. The topological polar surface area (TPSA) is 29.1 Å². The molecule has 0 fully saturated rings. The summed E-state index contributed by atoms with van der Waals surface area (Å²) < 4.78 is 51.3. The fraction of sp³-hybridized carbons (Fsp3) is 0.133. The van der Waals surface area contributed by atoms with E-state index in [-0.39, 0.29) is 12.1 Å². The molecular weight excluding hydrogens is 366 g/mol. The molecule has 0 saturated carbocycles. The molecule has 0 aliphatic rings. The first-order valence-corrected chi connectivity index (χ1v) is 6.96. The molecule has 2 aromatic carbocycles. The van der Waals surface area contributed by atoms with Gasteiger partial charge in [-0.15, -0.1) is 0 Å². The van der Waals surface area contributed by atoms with Crippen molar-refractivity contribution in [3.63, 3.8) is 0 Å². The second kappa shape index (κ2) is 6.48. The summed E-state index contributed by atoms with van der Waals surface area (Å²) in [4.78, 5) is 11.8. The number of hydrogen-bond acceptors (Lipinski definition) is 1. The van der Waals surface area contributed by atoms with Crippen LogP contribution >= 0.6 is 15.9 Å². The van der Waals surface area contributed by atoms with Crippen LogP contribution in [0.1, 0.15) is 21.5 Å². The summed E-state index contributed by atoms with van der Waals surface area (Å²) in [5, 5.41) is 2.46. The predicted molar refractivity (Wildman–Crippen MR) is 76.7 cm³/mol. The maximum Gasteiger partial charge on any atom is 0.416 e. The van der Waals surface area contributed by atoms with E-state index in [2.05, 4.69) is 21.2 Å². The number of nitrogens with one attached hydrogen (secondary N) is 1. The molecule has 0 aromatic heterocycles. The van der Waals surface area contributed by atoms with Crippen molar-refractivity contribution in [2.75, 3.05) is 0 Å². The van der Waals surface area contributed by atoms with Crippen LogP contribution < -0.4 is 5.32 Å². The molecule has 0 radical (unpaired) electrons. The van der Waals surface area contributed by atoms with Crippen molar-refractivity contribution in [1.29, 1.82) is 0 Å². The summed E-state index contributed by atoms with van der Waals surface area (Å²) in [6.07, 6.45) is -4.40. The van der Waals surface area contributed by atoms with E-state index >= 15 is 0 Å². The lowest BCUT2D eigenvalue weighted by atomic mass is 10.1. The minimum atomic E-state index is -4.40. The Morgan fingerprint density at radius 1 is 1.09 bits per heavy atom. The van der Waals surface area contributed by atoms with E-state index in [1.54, 1.807) is 0 Å². The van der Waals surface area contributed by atoms with E-state index in [9.17, 15) is 22.4 Å². The summed E-state index contributed by atoms with van der Waals surface area (Å²) in [7, 11) is 0. The Labute approximate surface area is 132 Å². The van der Waals surface area contributed by atoms with Crippen molar-refractivity contribution in [3.8, 4) is 0 Å². The summed E-state index contributed by atoms with van der Waals surface area (Å²) >= 11 is 3.08. The SMILES string of the molecule is O=C(NCc1ccc(C(F)(F)F)cc1)c1ccc(Br)cc1F. The van der Waals surface area contributed by atoms with Gasteiger partial charge in [0.1, 0.15) is 5.82 Å². The van der Waals surface area contributed by atoms with Gasteiger partial charge in [0.05, 0.1) is 11.1 Å². The Morgan fingerprint density at radius 2 is 1.73 bits per heavy atom. The van der Waals surface area contributed by atoms with E-state index in [1.165, 1.54) is 24.3 Å². The number of carbonyl (C=O) groups is 1. The van der Waals surface area contributed by atoms with Crippen LogP contribution in [0.5, 0.6) is 0 Å². The zero-order chi connectivity index (χ0) is 16.3. The largest absolute Gasteiger partial charge is 0.416 e. The lowest BCUT2D eigenvalue weighted by Gasteiger charge is -2.09. The van der Waals surface area contributed by atoms with Gasteiger partial charge in [0, 0.05) is 11.0 Å². The Morgan fingerprint density at radius 3 is 2.27 bits per heavy atom. The fourth-order valence-corrected chi connectivity index (χ4v) is 2.10. The molecule has 0 aliphatic heterocycles. The van der Waals surface area contributed by atoms with E-state index in [0.717, 1.165) is 18.2 Å². The molecule has 0 atom stereocenters. The number of halogens is 5. The van der Waals surface area contributed by atoms with Crippen LogP contribution in [0.4, 0.5) is 17.6 Å². The van der Waals surface area contributed by atoms with Gasteiger partial charge >= 0.3 is 6.18 Å². The predicted octanol–water partition coefficient (Wildman–Crippen LogP) is 4.54. The molecule has 1 N–H and O–H groups in total. The third-order valence-electron chi connectivity index (χ3n) is 2.91. The number of alkyl halides is 3. The van der Waals surface area contributed by atoms with Gasteiger partial charge in [0.15, 0.2) is 0 Å². The first-order chi connectivity index (χ1) is 10.3. The maximum absolute atomic E-state index is 13.6. The van der Waals surface area contributed by atoms with Crippen LogP contribution in [0.25, 0.3) is 0 Å². The molecule has 0 heterocycles. The normalized spacial score (nSPS) is 11.3. The number of hydrogen-bond donors (Lipinski definition) is 1. The average Bonchev–Trinajstić information content (AvgIpc) is 2.44. The molecular formula is C15H10BrF4NO. The molecule has 22 heavy (non-hydrogen) atoms. The Kier molecular flexibility index (Phi) is 4.85. The van der Waals surface area contributed by atoms with Crippen molar-refractivity contribution in [1.82, 2.24) is 5.32 Å². The van der Waals surface area contributed by atoms with Crippen LogP contribution in [-0.4, -0.2) is 5.91 Å². The van der Waals surface area contributed by atoms with E-state index in [0.29, 0.717) is 10.0 Å². The number of carbonyl (C=O) groups excluding carboxylic acids is 1. The van der Waals surface area contributed by atoms with Gasteiger partial charge < -0.3 is 5.32 Å². The Hall–Kier alpha value is -1.89. The molecule has 0 aliphatic carbocycles. The van der Waals surface area contributed by atoms with Gasteiger partial charge in [-0.3, -0.25) is 4.79 Å². The summed E-state index contributed by atoms with van der Waals surface area (Å²) in [6, 6.07) is 8.40. The molecule has 2 nitrogen and oxygen atoms in total. The lowest BCUT2D eigenvalue weighted by molar-refractivity contribution is -0.137. The number of amides is 1. The molecule has 2 aromatic rings. The first-order valence-electron chi connectivity index (χ1n) is 6.17. The highest BCUT2D eigenvalue weighted by molar-refractivity contribution is 9.10. The highest BCUT2D eigenvalue weighted by atomic mass is 79.9. The lowest BCUT2D eigenvalue weighted by Crippen LogP contribution is -2.23. The highest BCUT2D eigenvalue weighted by Gasteiger charge is 2.29. The van der Waals surface area contributed by atoms with Crippen LogP contribution in [0, 0.1) is 5.82 Å². The van der Waals surface area contributed by atoms with Crippen molar-refractivity contribution < 1.29 is 22.4 Å². The summed E-state index contributed by atoms with van der Waals surface area (Å²) in [5.74, 6) is -1.32. The van der Waals surface area contributed by atoms with Crippen LogP contribution in [0.3, 0.4) is 0 Å². The van der Waals surface area contributed by atoms with Crippen molar-refractivity contribution in [2.45, 2.75) is 12.7 Å². The van der Waals surface area contributed by atoms with E-state index in [1.807, 2.05) is 0 Å². The third-order valence-corrected chi connectivity index (χ3v) is 3.40. The fourth-order valence-electron chi connectivity index (χ4n) is 1.76. The average molecular weight is 376 g/mol. The van der Waals surface area contributed by atoms with Gasteiger partial charge in [0.2, 0.25) is 0 Å². The van der Waals surface area contributed by atoms with Crippen molar-refractivity contribution in [2.24, 2.45) is 0 Å². The first kappa shape index (κ1) is 16.5. The minimum absolute atomic E-state index is 0.00642. The quantitative estimate of drug-likeness (QED) is 0.784. The zero-order valence-electron chi connectivity index (χ0n) is 11.0. The van der Waals surface area contributed by atoms with Gasteiger partial charge in [-0.1, -0.05) is 28.1 Å². The van der Waals surface area contributed by atoms with E-state index < -0.39 is 23.5 Å². The molecule has 1 amide bonds. The summed E-state index contributed by atoms with van der Waals surface area (Å²) in [6.45, 7) is 0.00642. The standard InChI is InChI=1S/C15H10BrF4NO/c16-11-5-6-12(13(17)7-11)14(22)21-8-9-1-3-10(4-2-9)15(18,19)20/h1-7H,8H2,(H,21,22). The molecule has 0 unspecified atom stereocenters. The monoisotopic (exact) mass is 375 g/mol.